The largest absolute Gasteiger partial charge is 0.478 e. The molecule has 4 rings (SSSR count). The zero-order valence-corrected chi connectivity index (χ0v) is 18.9. The first-order valence-corrected chi connectivity index (χ1v) is 11.6. The molecule has 164 valence electrons. The van der Waals surface area contributed by atoms with Gasteiger partial charge in [-0.25, -0.2) is 10.7 Å². The lowest BCUT2D eigenvalue weighted by Gasteiger charge is -2.35. The molecule has 0 bridgehead atoms. The van der Waals surface area contributed by atoms with Crippen LogP contribution in [0.15, 0.2) is 18.2 Å². The lowest BCUT2D eigenvalue weighted by atomic mass is 9.76. The highest BCUT2D eigenvalue weighted by atomic mass is 32.1. The maximum Gasteiger partial charge on any atom is 0.337 e. The Morgan fingerprint density at radius 3 is 2.97 bits per heavy atom. The summed E-state index contributed by atoms with van der Waals surface area (Å²) in [5, 5.41) is 19.7. The van der Waals surface area contributed by atoms with Crippen LogP contribution in [0.4, 0.5) is 5.69 Å². The molecular weight excluding hydrogens is 410 g/mol. The van der Waals surface area contributed by atoms with Crippen molar-refractivity contribution in [3.63, 3.8) is 0 Å². The molecule has 1 saturated heterocycles. The van der Waals surface area contributed by atoms with Crippen molar-refractivity contribution >= 4 is 23.0 Å². The molecule has 0 saturated carbocycles. The van der Waals surface area contributed by atoms with Crippen LogP contribution in [0.1, 0.15) is 59.5 Å². The molecule has 1 atom stereocenters. The van der Waals surface area contributed by atoms with Crippen molar-refractivity contribution in [3.8, 4) is 16.5 Å². The molecule has 3 N–H and O–H groups in total. The molecule has 2 aromatic rings. The maximum absolute atomic E-state index is 12.4. The van der Waals surface area contributed by atoms with Crippen LogP contribution >= 0.6 is 11.3 Å². The van der Waals surface area contributed by atoms with Gasteiger partial charge in [0.05, 0.1) is 28.7 Å². The Morgan fingerprint density at radius 2 is 2.26 bits per heavy atom. The number of nitrogens with zero attached hydrogens (tertiary/aromatic N) is 2. The van der Waals surface area contributed by atoms with E-state index in [0.717, 1.165) is 66.9 Å². The summed E-state index contributed by atoms with van der Waals surface area (Å²) in [5.41, 5.74) is 3.87. The third kappa shape index (κ3) is 4.33. The van der Waals surface area contributed by atoms with E-state index in [9.17, 15) is 15.2 Å². The number of carbonyl (C=O) groups is 1. The van der Waals surface area contributed by atoms with Crippen LogP contribution in [0.5, 0.6) is 0 Å². The van der Waals surface area contributed by atoms with Gasteiger partial charge in [0, 0.05) is 35.1 Å². The van der Waals surface area contributed by atoms with E-state index < -0.39 is 5.97 Å². The minimum Gasteiger partial charge on any atom is -0.478 e. The Balaban J connectivity index is 1.84. The van der Waals surface area contributed by atoms with E-state index in [0.29, 0.717) is 23.7 Å². The molecular formula is C24H29N3O3S. The number of rotatable bonds is 5. The van der Waals surface area contributed by atoms with Gasteiger partial charge in [-0.2, -0.15) is 5.26 Å². The summed E-state index contributed by atoms with van der Waals surface area (Å²) < 4.78 is 0. The number of anilines is 1. The maximum atomic E-state index is 12.4. The second kappa shape index (κ2) is 8.62. The highest BCUT2D eigenvalue weighted by molar-refractivity contribution is 7.16. The average molecular weight is 440 g/mol. The van der Waals surface area contributed by atoms with Gasteiger partial charge in [-0.15, -0.1) is 11.3 Å². The fourth-order valence-corrected chi connectivity index (χ4v) is 6.29. The number of nitrogens with two attached hydrogens (primary N) is 1. The summed E-state index contributed by atoms with van der Waals surface area (Å²) in [6.45, 7) is 6.60. The van der Waals surface area contributed by atoms with Crippen molar-refractivity contribution in [2.24, 2.45) is 17.2 Å². The number of carboxylic acids is 1. The van der Waals surface area contributed by atoms with Gasteiger partial charge in [0.2, 0.25) is 0 Å². The number of aromatic carboxylic acids is 1. The number of benzene rings is 1. The van der Waals surface area contributed by atoms with Crippen molar-refractivity contribution in [2.75, 3.05) is 24.6 Å². The predicted octanol–water partition coefficient (Wildman–Crippen LogP) is 4.61. The molecule has 0 radical (unpaired) electrons. The molecule has 2 aliphatic rings. The van der Waals surface area contributed by atoms with Crippen LogP contribution in [-0.4, -0.2) is 30.8 Å². The van der Waals surface area contributed by atoms with Crippen LogP contribution in [0, 0.1) is 22.7 Å². The predicted molar refractivity (Wildman–Crippen MR) is 122 cm³/mol. The molecule has 31 heavy (non-hydrogen) atoms. The summed E-state index contributed by atoms with van der Waals surface area (Å²) in [5.74, 6) is 4.76. The van der Waals surface area contributed by atoms with Crippen molar-refractivity contribution in [1.82, 2.24) is 0 Å². The molecule has 6 nitrogen and oxygen atoms in total. The van der Waals surface area contributed by atoms with Crippen molar-refractivity contribution in [1.29, 1.82) is 5.26 Å². The monoisotopic (exact) mass is 439 g/mol. The van der Waals surface area contributed by atoms with Gasteiger partial charge >= 0.3 is 5.97 Å². The van der Waals surface area contributed by atoms with Crippen LogP contribution in [-0.2, 0) is 17.7 Å². The minimum absolute atomic E-state index is 0.0925. The summed E-state index contributed by atoms with van der Waals surface area (Å²) in [4.78, 5) is 21.6. The fraction of sp³-hybridized carbons (Fsp3) is 0.500. The van der Waals surface area contributed by atoms with E-state index in [-0.39, 0.29) is 5.41 Å². The van der Waals surface area contributed by atoms with Gasteiger partial charge in [0.15, 0.2) is 0 Å². The van der Waals surface area contributed by atoms with E-state index >= 15 is 0 Å². The van der Waals surface area contributed by atoms with Crippen LogP contribution in [0.3, 0.4) is 0 Å². The highest BCUT2D eigenvalue weighted by Gasteiger charge is 2.34. The number of nitriles is 1. The first kappa shape index (κ1) is 21.8. The SMILES string of the molecule is CC1(C)CCc2sc(-c3cc(C#N)ccc3N3CCC[C@H](CON)C3)c(C(=O)O)c2C1. The van der Waals surface area contributed by atoms with Gasteiger partial charge in [-0.3, -0.25) is 0 Å². The Hall–Kier alpha value is -2.40. The first-order valence-electron chi connectivity index (χ1n) is 10.8. The summed E-state index contributed by atoms with van der Waals surface area (Å²) in [6, 6.07) is 7.86. The Bertz CT molecular complexity index is 1040. The quantitative estimate of drug-likeness (QED) is 0.660. The van der Waals surface area contributed by atoms with Crippen molar-refractivity contribution in [2.45, 2.75) is 46.0 Å². The Morgan fingerprint density at radius 1 is 1.45 bits per heavy atom. The smallest absolute Gasteiger partial charge is 0.337 e. The number of hydrogen-bond donors (Lipinski definition) is 2. The average Bonchev–Trinajstić information content (AvgIpc) is 3.11. The lowest BCUT2D eigenvalue weighted by molar-refractivity contribution is 0.0696. The Kier molecular flexibility index (Phi) is 6.07. The van der Waals surface area contributed by atoms with Gasteiger partial charge in [0.1, 0.15) is 0 Å². The molecule has 0 unspecified atom stereocenters. The van der Waals surface area contributed by atoms with E-state index in [1.165, 1.54) is 4.88 Å². The number of fused-ring (bicyclic) bond motifs is 1. The zero-order valence-electron chi connectivity index (χ0n) is 18.1. The van der Waals surface area contributed by atoms with Crippen molar-refractivity contribution in [3.05, 3.63) is 39.8 Å². The molecule has 0 amide bonds. The van der Waals surface area contributed by atoms with E-state index in [1.54, 1.807) is 11.3 Å². The lowest BCUT2D eigenvalue weighted by Crippen LogP contribution is -2.38. The molecule has 2 heterocycles. The standard InChI is InChI=1S/C24H29N3O3S/c1-24(2)8-7-20-18(11-24)21(23(28)29)22(31-20)17-10-15(12-25)5-6-19(17)27-9-3-4-16(13-27)14-30-26/h5-6,10,16H,3-4,7-9,11,13-14,26H2,1-2H3,(H,28,29)/t16-/m0/s1. The number of thiophene rings is 1. The molecule has 1 aliphatic heterocycles. The molecule has 7 heteroatoms. The third-order valence-corrected chi connectivity index (χ3v) is 7.88. The number of hydrogen-bond acceptors (Lipinski definition) is 6. The second-order valence-electron chi connectivity index (χ2n) is 9.49. The van der Waals surface area contributed by atoms with Crippen LogP contribution < -0.4 is 10.8 Å². The summed E-state index contributed by atoms with van der Waals surface area (Å²) in [7, 11) is 0. The number of aryl methyl sites for hydroxylation is 1. The molecule has 1 aromatic carbocycles. The first-order chi connectivity index (χ1) is 14.8. The third-order valence-electron chi connectivity index (χ3n) is 6.55. The zero-order chi connectivity index (χ0) is 22.2. The van der Waals surface area contributed by atoms with Crippen LogP contribution in [0.25, 0.3) is 10.4 Å². The normalized spacial score (nSPS) is 20.2. The molecule has 0 spiro atoms. The van der Waals surface area contributed by atoms with E-state index in [1.807, 2.05) is 18.2 Å². The highest BCUT2D eigenvalue weighted by Crippen LogP contribution is 2.47. The topological polar surface area (TPSA) is 99.6 Å². The van der Waals surface area contributed by atoms with Gasteiger partial charge in [-0.05, 0) is 61.3 Å². The van der Waals surface area contributed by atoms with Gasteiger partial charge < -0.3 is 14.8 Å². The minimum atomic E-state index is -0.883. The van der Waals surface area contributed by atoms with Crippen molar-refractivity contribution < 1.29 is 14.7 Å². The van der Waals surface area contributed by atoms with Gasteiger partial charge in [0.25, 0.3) is 0 Å². The molecule has 1 aromatic heterocycles. The van der Waals surface area contributed by atoms with E-state index in [2.05, 4.69) is 24.8 Å². The summed E-state index contributed by atoms with van der Waals surface area (Å²) >= 11 is 1.59. The molecule has 1 aliphatic carbocycles. The number of carboxylic acid groups (broad SMARTS) is 1. The van der Waals surface area contributed by atoms with E-state index in [4.69, 9.17) is 10.7 Å². The summed E-state index contributed by atoms with van der Waals surface area (Å²) in [6.07, 6.45) is 4.81. The fourth-order valence-electron chi connectivity index (χ4n) is 4.96. The molecule has 1 fully saturated rings. The van der Waals surface area contributed by atoms with Gasteiger partial charge in [-0.1, -0.05) is 13.8 Å². The van der Waals surface area contributed by atoms with Crippen LogP contribution in [0.2, 0.25) is 0 Å². The second-order valence-corrected chi connectivity index (χ2v) is 10.6. The number of piperidine rings is 1. The Labute approximate surface area is 187 Å².